The van der Waals surface area contributed by atoms with Crippen molar-refractivity contribution in [3.8, 4) is 0 Å². The van der Waals surface area contributed by atoms with E-state index in [2.05, 4.69) is 40.7 Å². The van der Waals surface area contributed by atoms with Crippen LogP contribution in [0.3, 0.4) is 0 Å². The molecule has 2 aliphatic carbocycles. The van der Waals surface area contributed by atoms with Gasteiger partial charge in [-0.15, -0.1) is 0 Å². The minimum atomic E-state index is -0.458. The summed E-state index contributed by atoms with van der Waals surface area (Å²) in [6.07, 6.45) is 7.40. The number of hydrogen-bond donors (Lipinski definition) is 0. The van der Waals surface area contributed by atoms with Crippen LogP contribution in [0.25, 0.3) is 0 Å². The van der Waals surface area contributed by atoms with Gasteiger partial charge >= 0.3 is 5.97 Å². The zero-order valence-electron chi connectivity index (χ0n) is 16.3. The molecule has 0 N–H and O–H groups in total. The molecule has 2 aliphatic heterocycles. The minimum absolute atomic E-state index is 0.0323. The third kappa shape index (κ3) is 2.17. The van der Waals surface area contributed by atoms with Gasteiger partial charge in [0, 0.05) is 24.7 Å². The van der Waals surface area contributed by atoms with E-state index < -0.39 is 5.60 Å². The van der Waals surface area contributed by atoms with Crippen LogP contribution >= 0.6 is 0 Å². The second kappa shape index (κ2) is 5.22. The van der Waals surface area contributed by atoms with Crippen LogP contribution in [0.4, 0.5) is 0 Å². The van der Waals surface area contributed by atoms with E-state index in [9.17, 15) is 4.79 Å². The summed E-state index contributed by atoms with van der Waals surface area (Å²) in [6.45, 7) is 15.0. The van der Waals surface area contributed by atoms with Crippen LogP contribution in [0.15, 0.2) is 22.8 Å². The van der Waals surface area contributed by atoms with Gasteiger partial charge in [-0.3, -0.25) is 4.79 Å². The van der Waals surface area contributed by atoms with E-state index in [4.69, 9.17) is 9.47 Å². The number of carbonyl (C=O) groups is 1. The minimum Gasteiger partial charge on any atom is -0.459 e. The lowest BCUT2D eigenvalue weighted by Crippen LogP contribution is -2.67. The Balaban J connectivity index is 1.94. The maximum atomic E-state index is 11.8. The van der Waals surface area contributed by atoms with E-state index in [0.717, 1.165) is 32.1 Å². The fourth-order valence-electron chi connectivity index (χ4n) is 5.91. The van der Waals surface area contributed by atoms with Crippen LogP contribution in [0.5, 0.6) is 0 Å². The normalized spacial score (nSPS) is 44.7. The number of esters is 1. The lowest BCUT2D eigenvalue weighted by atomic mass is 9.55. The summed E-state index contributed by atoms with van der Waals surface area (Å²) in [4.78, 5) is 11.8. The molecule has 4 rings (SSSR count). The van der Waals surface area contributed by atoms with E-state index in [1.54, 1.807) is 0 Å². The first-order chi connectivity index (χ1) is 11.6. The predicted octanol–water partition coefficient (Wildman–Crippen LogP) is 4.77. The maximum absolute atomic E-state index is 11.8. The molecule has 3 heteroatoms. The van der Waals surface area contributed by atoms with E-state index in [1.807, 2.05) is 0 Å². The number of hydrogen-bond acceptors (Lipinski definition) is 3. The van der Waals surface area contributed by atoms with Crippen molar-refractivity contribution in [3.05, 3.63) is 29.7 Å². The van der Waals surface area contributed by atoms with Gasteiger partial charge < -0.3 is 9.47 Å². The average Bonchev–Trinajstić information content (AvgIpc) is 2.88. The summed E-state index contributed by atoms with van der Waals surface area (Å²) in [5, 5.41) is 0. The molecule has 0 aromatic rings. The Morgan fingerprint density at radius 2 is 2.04 bits per heavy atom. The third-order valence-electron chi connectivity index (χ3n) is 7.55. The van der Waals surface area contributed by atoms with Crippen molar-refractivity contribution in [1.29, 1.82) is 0 Å². The van der Waals surface area contributed by atoms with Crippen LogP contribution in [0.1, 0.15) is 66.7 Å². The lowest BCUT2D eigenvalue weighted by Gasteiger charge is -2.63. The predicted molar refractivity (Wildman–Crippen MR) is 97.8 cm³/mol. The fourth-order valence-corrected chi connectivity index (χ4v) is 5.91. The van der Waals surface area contributed by atoms with Crippen LogP contribution in [-0.2, 0) is 14.3 Å². The second-order valence-corrected chi connectivity index (χ2v) is 9.44. The molecule has 0 amide bonds. The van der Waals surface area contributed by atoms with Gasteiger partial charge in [-0.25, -0.2) is 0 Å². The lowest BCUT2D eigenvalue weighted by molar-refractivity contribution is -0.252. The van der Waals surface area contributed by atoms with Crippen molar-refractivity contribution in [2.24, 2.45) is 17.3 Å². The Kier molecular flexibility index (Phi) is 3.62. The van der Waals surface area contributed by atoms with Gasteiger partial charge in [0.15, 0.2) is 0 Å². The van der Waals surface area contributed by atoms with Gasteiger partial charge in [0.25, 0.3) is 0 Å². The van der Waals surface area contributed by atoms with Crippen LogP contribution in [0, 0.1) is 24.2 Å². The van der Waals surface area contributed by atoms with Crippen LogP contribution < -0.4 is 0 Å². The quantitative estimate of drug-likeness (QED) is 0.508. The Bertz CT molecular complexity index is 685. The zero-order valence-corrected chi connectivity index (χ0v) is 16.3. The second-order valence-electron chi connectivity index (χ2n) is 9.44. The molecule has 3 nitrogen and oxygen atoms in total. The highest BCUT2D eigenvalue weighted by molar-refractivity contribution is 5.66. The SMILES string of the molecule is [CH2][C@H]1CC[C@H]2C1=C[C@]13O[C@@]2(C)[C@H](OC(C)=O)CC1=C(C)CCC3(C)C. The molecule has 1 saturated carbocycles. The van der Waals surface area contributed by atoms with E-state index in [1.165, 1.54) is 23.6 Å². The largest absolute Gasteiger partial charge is 0.459 e. The Morgan fingerprint density at radius 3 is 2.72 bits per heavy atom. The first-order valence-electron chi connectivity index (χ1n) is 9.73. The summed E-state index contributed by atoms with van der Waals surface area (Å²) >= 11 is 0. The summed E-state index contributed by atoms with van der Waals surface area (Å²) < 4.78 is 12.9. The van der Waals surface area contributed by atoms with E-state index >= 15 is 0 Å². The molecule has 25 heavy (non-hydrogen) atoms. The number of carbonyl (C=O) groups excluding carboxylic acids is 1. The van der Waals surface area contributed by atoms with E-state index in [0.29, 0.717) is 11.8 Å². The summed E-state index contributed by atoms with van der Waals surface area (Å²) in [5.41, 5.74) is 3.40. The number of allylic oxidation sites excluding steroid dienone is 1. The summed E-state index contributed by atoms with van der Waals surface area (Å²) in [7, 11) is 0. The summed E-state index contributed by atoms with van der Waals surface area (Å²) in [5.74, 6) is 0.445. The van der Waals surface area contributed by atoms with Gasteiger partial charge in [0.05, 0.1) is 0 Å². The fraction of sp³-hybridized carbons (Fsp3) is 0.727. The van der Waals surface area contributed by atoms with Crippen molar-refractivity contribution >= 4 is 5.97 Å². The van der Waals surface area contributed by atoms with Gasteiger partial charge in [-0.2, -0.15) is 0 Å². The van der Waals surface area contributed by atoms with Gasteiger partial charge in [-0.1, -0.05) is 25.0 Å². The first-order valence-corrected chi connectivity index (χ1v) is 9.73. The molecule has 137 valence electrons. The monoisotopic (exact) mass is 343 g/mol. The number of ether oxygens (including phenoxy) is 2. The molecular formula is C22H31O3. The highest BCUT2D eigenvalue weighted by Gasteiger charge is 2.65. The molecule has 4 aliphatic rings. The molecule has 5 atom stereocenters. The molecule has 1 radical (unpaired) electrons. The Hall–Kier alpha value is -1.09. The number of rotatable bonds is 1. The average molecular weight is 343 g/mol. The van der Waals surface area contributed by atoms with Crippen molar-refractivity contribution < 1.29 is 14.3 Å². The standard InChI is InChI=1S/C22H31O3/c1-13-7-8-17-16(13)12-22-18(14(2)9-10-20(22,4)5)11-19(24-15(3)23)21(17,6)25-22/h12-13,17,19H,1,7-11H2,2-6H3/t13-,17-,19+,21+,22-/m0/s1. The molecule has 2 bridgehead atoms. The van der Waals surface area contributed by atoms with Crippen molar-refractivity contribution in [1.82, 2.24) is 0 Å². The molecular weight excluding hydrogens is 312 g/mol. The first kappa shape index (κ1) is 17.3. The molecule has 1 saturated heterocycles. The Morgan fingerprint density at radius 1 is 1.32 bits per heavy atom. The topological polar surface area (TPSA) is 35.5 Å². The van der Waals surface area contributed by atoms with Crippen molar-refractivity contribution in [2.45, 2.75) is 84.0 Å². The molecule has 0 aromatic carbocycles. The molecule has 2 heterocycles. The van der Waals surface area contributed by atoms with Gasteiger partial charge in [0.1, 0.15) is 17.3 Å². The zero-order chi connectivity index (χ0) is 18.2. The molecule has 0 unspecified atom stereocenters. The van der Waals surface area contributed by atoms with Crippen LogP contribution in [-0.4, -0.2) is 23.3 Å². The van der Waals surface area contributed by atoms with E-state index in [-0.39, 0.29) is 23.1 Å². The van der Waals surface area contributed by atoms with Crippen molar-refractivity contribution in [3.63, 3.8) is 0 Å². The smallest absolute Gasteiger partial charge is 0.303 e. The Labute approximate surface area is 151 Å². The highest BCUT2D eigenvalue weighted by Crippen LogP contribution is 2.63. The van der Waals surface area contributed by atoms with Crippen LogP contribution in [0.2, 0.25) is 0 Å². The molecule has 2 fully saturated rings. The highest BCUT2D eigenvalue weighted by atomic mass is 16.6. The van der Waals surface area contributed by atoms with Crippen molar-refractivity contribution in [2.75, 3.05) is 0 Å². The van der Waals surface area contributed by atoms with Gasteiger partial charge in [0.2, 0.25) is 0 Å². The third-order valence-corrected chi connectivity index (χ3v) is 7.55. The molecule has 1 spiro atoms. The van der Waals surface area contributed by atoms with Gasteiger partial charge in [-0.05, 0) is 64.0 Å². The number of fused-ring (bicyclic) bond motifs is 3. The maximum Gasteiger partial charge on any atom is 0.303 e. The summed E-state index contributed by atoms with van der Waals surface area (Å²) in [6, 6.07) is 0. The molecule has 0 aromatic heterocycles.